The highest BCUT2D eigenvalue weighted by Crippen LogP contribution is 2.36. The number of benzene rings is 1. The van der Waals surface area contributed by atoms with Crippen LogP contribution in [0.3, 0.4) is 0 Å². The molecule has 1 aliphatic heterocycles. The van der Waals surface area contributed by atoms with Gasteiger partial charge in [0.15, 0.2) is 0 Å². The van der Waals surface area contributed by atoms with E-state index in [1.807, 2.05) is 13.0 Å². The van der Waals surface area contributed by atoms with E-state index in [0.29, 0.717) is 17.9 Å². The van der Waals surface area contributed by atoms with Gasteiger partial charge in [-0.15, -0.1) is 0 Å². The van der Waals surface area contributed by atoms with E-state index >= 15 is 0 Å². The predicted octanol–water partition coefficient (Wildman–Crippen LogP) is 3.04. The summed E-state index contributed by atoms with van der Waals surface area (Å²) in [4.78, 5) is 13.9. The zero-order valence-corrected chi connectivity index (χ0v) is 8.17. The molecule has 1 aromatic rings. The van der Waals surface area contributed by atoms with E-state index in [4.69, 9.17) is 10.3 Å². The van der Waals surface area contributed by atoms with Crippen molar-refractivity contribution in [1.29, 1.82) is 0 Å². The summed E-state index contributed by atoms with van der Waals surface area (Å²) in [5, 5.41) is 3.45. The van der Waals surface area contributed by atoms with Gasteiger partial charge in [0.2, 0.25) is 0 Å². The number of esters is 1. The summed E-state index contributed by atoms with van der Waals surface area (Å²) in [5.74, 6) is 0.415. The standard InChI is InChI=1S/C10H9N3O2/c1-6-4-10(14)15-9-5-7(12-13-11)2-3-8(6)9/h2-3,5-6H,4H2,1H3. The number of carbonyl (C=O) groups is 1. The van der Waals surface area contributed by atoms with Crippen LogP contribution >= 0.6 is 0 Å². The highest BCUT2D eigenvalue weighted by Gasteiger charge is 2.23. The summed E-state index contributed by atoms with van der Waals surface area (Å²) in [5.41, 5.74) is 9.71. The molecular weight excluding hydrogens is 194 g/mol. The highest BCUT2D eigenvalue weighted by atomic mass is 16.5. The van der Waals surface area contributed by atoms with E-state index < -0.39 is 0 Å². The molecular formula is C10H9N3O2. The first-order valence-corrected chi connectivity index (χ1v) is 4.60. The van der Waals surface area contributed by atoms with Crippen molar-refractivity contribution >= 4 is 11.7 Å². The van der Waals surface area contributed by atoms with E-state index in [1.54, 1.807) is 12.1 Å². The van der Waals surface area contributed by atoms with Crippen LogP contribution in [-0.4, -0.2) is 5.97 Å². The van der Waals surface area contributed by atoms with Gasteiger partial charge >= 0.3 is 5.97 Å². The summed E-state index contributed by atoms with van der Waals surface area (Å²) < 4.78 is 5.07. The van der Waals surface area contributed by atoms with Crippen molar-refractivity contribution in [2.75, 3.05) is 0 Å². The molecule has 1 unspecified atom stereocenters. The number of nitrogens with zero attached hydrogens (tertiary/aromatic N) is 3. The molecule has 0 saturated heterocycles. The van der Waals surface area contributed by atoms with Crippen LogP contribution < -0.4 is 4.74 Å². The Morgan fingerprint density at radius 2 is 2.40 bits per heavy atom. The maximum absolute atomic E-state index is 11.2. The molecule has 0 N–H and O–H groups in total. The van der Waals surface area contributed by atoms with Crippen molar-refractivity contribution in [2.24, 2.45) is 5.11 Å². The molecule has 1 atom stereocenters. The number of carbonyl (C=O) groups excluding carboxylic acids is 1. The zero-order valence-electron chi connectivity index (χ0n) is 8.17. The molecule has 0 fully saturated rings. The SMILES string of the molecule is CC1CC(=O)Oc2cc(N=[N+]=[N-])ccc21. The number of hydrogen-bond acceptors (Lipinski definition) is 3. The molecule has 0 radical (unpaired) electrons. The Morgan fingerprint density at radius 3 is 3.13 bits per heavy atom. The van der Waals surface area contributed by atoms with Gasteiger partial charge < -0.3 is 4.74 Å². The lowest BCUT2D eigenvalue weighted by Gasteiger charge is -2.21. The van der Waals surface area contributed by atoms with Crippen LogP contribution in [0.2, 0.25) is 0 Å². The van der Waals surface area contributed by atoms with Crippen molar-refractivity contribution in [3.63, 3.8) is 0 Å². The van der Waals surface area contributed by atoms with E-state index in [2.05, 4.69) is 10.0 Å². The topological polar surface area (TPSA) is 75.1 Å². The van der Waals surface area contributed by atoms with Crippen LogP contribution in [0.1, 0.15) is 24.8 Å². The second-order valence-corrected chi connectivity index (χ2v) is 3.49. The van der Waals surface area contributed by atoms with Gasteiger partial charge in [-0.3, -0.25) is 4.79 Å². The van der Waals surface area contributed by atoms with E-state index in [0.717, 1.165) is 5.56 Å². The Labute approximate surface area is 86.3 Å². The maximum Gasteiger partial charge on any atom is 0.311 e. The van der Waals surface area contributed by atoms with E-state index in [1.165, 1.54) is 0 Å². The van der Waals surface area contributed by atoms with Gasteiger partial charge in [-0.2, -0.15) is 0 Å². The molecule has 0 aliphatic carbocycles. The van der Waals surface area contributed by atoms with E-state index in [9.17, 15) is 4.79 Å². The molecule has 76 valence electrons. The van der Waals surface area contributed by atoms with Gasteiger partial charge in [-0.25, -0.2) is 0 Å². The minimum Gasteiger partial charge on any atom is -0.426 e. The molecule has 0 spiro atoms. The fourth-order valence-corrected chi connectivity index (χ4v) is 1.66. The lowest BCUT2D eigenvalue weighted by molar-refractivity contribution is -0.135. The molecule has 2 rings (SSSR count). The number of rotatable bonds is 1. The molecule has 0 amide bonds. The van der Waals surface area contributed by atoms with Crippen molar-refractivity contribution in [3.8, 4) is 5.75 Å². The lowest BCUT2D eigenvalue weighted by Crippen LogP contribution is -2.18. The number of hydrogen-bond donors (Lipinski definition) is 0. The minimum absolute atomic E-state index is 0.154. The fourth-order valence-electron chi connectivity index (χ4n) is 1.66. The lowest BCUT2D eigenvalue weighted by atomic mass is 9.94. The van der Waals surface area contributed by atoms with Gasteiger partial charge in [0.1, 0.15) is 5.75 Å². The van der Waals surface area contributed by atoms with Crippen LogP contribution in [0, 0.1) is 0 Å². The smallest absolute Gasteiger partial charge is 0.311 e. The number of fused-ring (bicyclic) bond motifs is 1. The molecule has 1 heterocycles. The Hall–Kier alpha value is -2.00. The number of azide groups is 1. The first-order valence-electron chi connectivity index (χ1n) is 4.60. The third-order valence-electron chi connectivity index (χ3n) is 2.38. The first kappa shape index (κ1) is 9.55. The summed E-state index contributed by atoms with van der Waals surface area (Å²) in [7, 11) is 0. The largest absolute Gasteiger partial charge is 0.426 e. The molecule has 5 heteroatoms. The van der Waals surface area contributed by atoms with Gasteiger partial charge in [-0.1, -0.05) is 24.2 Å². The van der Waals surface area contributed by atoms with Crippen molar-refractivity contribution in [1.82, 2.24) is 0 Å². The Balaban J connectivity index is 2.47. The third kappa shape index (κ3) is 1.78. The Morgan fingerprint density at radius 1 is 1.60 bits per heavy atom. The molecule has 5 nitrogen and oxygen atoms in total. The highest BCUT2D eigenvalue weighted by molar-refractivity contribution is 5.77. The summed E-state index contributed by atoms with van der Waals surface area (Å²) in [6, 6.07) is 5.13. The molecule has 1 aromatic carbocycles. The molecule has 0 aromatic heterocycles. The molecule has 1 aliphatic rings. The van der Waals surface area contributed by atoms with Crippen LogP contribution in [-0.2, 0) is 4.79 Å². The zero-order chi connectivity index (χ0) is 10.8. The van der Waals surface area contributed by atoms with Crippen LogP contribution in [0.4, 0.5) is 5.69 Å². The monoisotopic (exact) mass is 203 g/mol. The van der Waals surface area contributed by atoms with Gasteiger partial charge in [0.05, 0.1) is 6.42 Å². The van der Waals surface area contributed by atoms with Gasteiger partial charge in [0.25, 0.3) is 0 Å². The fraction of sp³-hybridized carbons (Fsp3) is 0.300. The van der Waals surface area contributed by atoms with Crippen LogP contribution in [0.25, 0.3) is 10.4 Å². The molecule has 0 bridgehead atoms. The maximum atomic E-state index is 11.2. The summed E-state index contributed by atoms with van der Waals surface area (Å²) in [6.45, 7) is 1.96. The van der Waals surface area contributed by atoms with Crippen LogP contribution in [0.15, 0.2) is 23.3 Å². The summed E-state index contributed by atoms with van der Waals surface area (Å²) in [6.07, 6.45) is 0.397. The average molecular weight is 203 g/mol. The van der Waals surface area contributed by atoms with Crippen molar-refractivity contribution < 1.29 is 9.53 Å². The van der Waals surface area contributed by atoms with Gasteiger partial charge in [-0.05, 0) is 23.1 Å². The predicted molar refractivity (Wildman–Crippen MR) is 53.9 cm³/mol. The first-order chi connectivity index (χ1) is 7.20. The summed E-state index contributed by atoms with van der Waals surface area (Å²) >= 11 is 0. The minimum atomic E-state index is -0.243. The van der Waals surface area contributed by atoms with Gasteiger partial charge in [0, 0.05) is 10.6 Å². The molecule has 15 heavy (non-hydrogen) atoms. The quantitative estimate of drug-likeness (QED) is 0.231. The van der Waals surface area contributed by atoms with E-state index in [-0.39, 0.29) is 11.9 Å². The van der Waals surface area contributed by atoms with Crippen LogP contribution in [0.5, 0.6) is 5.75 Å². The Kier molecular flexibility index (Phi) is 2.31. The third-order valence-corrected chi connectivity index (χ3v) is 2.38. The average Bonchev–Trinajstić information content (AvgIpc) is 2.17. The number of ether oxygens (including phenoxy) is 1. The molecule has 0 saturated carbocycles. The Bertz CT molecular complexity index is 464. The van der Waals surface area contributed by atoms with Crippen molar-refractivity contribution in [3.05, 3.63) is 34.2 Å². The van der Waals surface area contributed by atoms with Crippen molar-refractivity contribution in [2.45, 2.75) is 19.3 Å². The second-order valence-electron chi connectivity index (χ2n) is 3.49. The normalized spacial score (nSPS) is 18.7. The second kappa shape index (κ2) is 3.63.